The van der Waals surface area contributed by atoms with Gasteiger partial charge in [-0.2, -0.15) is 0 Å². The number of esters is 1. The first-order valence-corrected chi connectivity index (χ1v) is 6.02. The molecule has 1 aliphatic rings. The predicted octanol–water partition coefficient (Wildman–Crippen LogP) is 1.69. The molecular formula is C13H19NO3. The summed E-state index contributed by atoms with van der Waals surface area (Å²) in [6.45, 7) is 2.49. The molecule has 1 heterocycles. The third kappa shape index (κ3) is 2.69. The molecule has 0 aromatic carbocycles. The van der Waals surface area contributed by atoms with Crippen LogP contribution in [0.4, 0.5) is 0 Å². The van der Waals surface area contributed by atoms with Crippen LogP contribution in [0.15, 0.2) is 16.5 Å². The molecule has 0 radical (unpaired) electrons. The Morgan fingerprint density at radius 1 is 1.65 bits per heavy atom. The maximum atomic E-state index is 11.4. The Morgan fingerprint density at radius 3 is 2.88 bits per heavy atom. The molecule has 0 amide bonds. The normalized spacial score (nSPS) is 24.4. The highest BCUT2D eigenvalue weighted by Gasteiger charge is 2.36. The van der Waals surface area contributed by atoms with Gasteiger partial charge in [-0.25, -0.2) is 0 Å². The van der Waals surface area contributed by atoms with Crippen LogP contribution in [0.1, 0.15) is 30.8 Å². The molecule has 0 spiro atoms. The van der Waals surface area contributed by atoms with Crippen molar-refractivity contribution in [3.8, 4) is 0 Å². The summed E-state index contributed by atoms with van der Waals surface area (Å²) in [5, 5.41) is 0. The highest BCUT2D eigenvalue weighted by atomic mass is 16.5. The van der Waals surface area contributed by atoms with Gasteiger partial charge in [0.2, 0.25) is 0 Å². The van der Waals surface area contributed by atoms with Crippen molar-refractivity contribution < 1.29 is 13.9 Å². The number of furan rings is 1. The lowest BCUT2D eigenvalue weighted by atomic mass is 10.0. The third-order valence-corrected chi connectivity index (χ3v) is 3.42. The van der Waals surface area contributed by atoms with Crippen molar-refractivity contribution in [2.75, 3.05) is 13.7 Å². The van der Waals surface area contributed by atoms with E-state index in [1.54, 1.807) is 0 Å². The number of carbonyl (C=O) groups excluding carboxylic acids is 1. The van der Waals surface area contributed by atoms with E-state index in [1.165, 1.54) is 13.5 Å². The summed E-state index contributed by atoms with van der Waals surface area (Å²) in [6, 6.07) is 3.94. The monoisotopic (exact) mass is 237 g/mol. The maximum absolute atomic E-state index is 11.4. The van der Waals surface area contributed by atoms with Crippen molar-refractivity contribution in [3.05, 3.63) is 23.7 Å². The van der Waals surface area contributed by atoms with Gasteiger partial charge in [-0.3, -0.25) is 4.79 Å². The molecule has 3 atom stereocenters. The van der Waals surface area contributed by atoms with Gasteiger partial charge in [-0.05, 0) is 24.5 Å². The van der Waals surface area contributed by atoms with Crippen LogP contribution in [0.5, 0.6) is 0 Å². The van der Waals surface area contributed by atoms with Gasteiger partial charge in [-0.1, -0.05) is 6.92 Å². The zero-order valence-electron chi connectivity index (χ0n) is 10.3. The fraction of sp³-hybridized carbons (Fsp3) is 0.615. The fourth-order valence-corrected chi connectivity index (χ4v) is 2.09. The molecule has 1 aliphatic carbocycles. The summed E-state index contributed by atoms with van der Waals surface area (Å²) in [4.78, 5) is 11.4. The van der Waals surface area contributed by atoms with E-state index >= 15 is 0 Å². The summed E-state index contributed by atoms with van der Waals surface area (Å²) in [5.74, 6) is 2.56. The molecule has 2 rings (SSSR count). The highest BCUT2D eigenvalue weighted by molar-refractivity contribution is 5.72. The Hall–Kier alpha value is -1.29. The first-order chi connectivity index (χ1) is 8.15. The van der Waals surface area contributed by atoms with Crippen molar-refractivity contribution in [1.82, 2.24) is 0 Å². The van der Waals surface area contributed by atoms with E-state index in [2.05, 4.69) is 6.92 Å². The molecule has 0 saturated heterocycles. The van der Waals surface area contributed by atoms with Gasteiger partial charge in [-0.15, -0.1) is 0 Å². The van der Waals surface area contributed by atoms with Crippen LogP contribution in [0, 0.1) is 11.8 Å². The van der Waals surface area contributed by atoms with E-state index in [1.807, 2.05) is 12.1 Å². The molecule has 4 nitrogen and oxygen atoms in total. The van der Waals surface area contributed by atoms with Crippen molar-refractivity contribution >= 4 is 5.97 Å². The van der Waals surface area contributed by atoms with Gasteiger partial charge < -0.3 is 14.9 Å². The molecule has 1 saturated carbocycles. The Kier molecular flexibility index (Phi) is 3.52. The van der Waals surface area contributed by atoms with Crippen LogP contribution < -0.4 is 5.73 Å². The van der Waals surface area contributed by atoms with Crippen molar-refractivity contribution in [3.63, 3.8) is 0 Å². The van der Waals surface area contributed by atoms with Gasteiger partial charge in [0.15, 0.2) is 0 Å². The van der Waals surface area contributed by atoms with E-state index in [0.29, 0.717) is 12.3 Å². The quantitative estimate of drug-likeness (QED) is 0.791. The Balaban J connectivity index is 1.98. The standard InChI is InChI=1S/C13H19NO3/c1-8-5-11(8)12-4-3-10(17-12)6-9(7-14)13(15)16-2/h3-4,8-9,11H,5-7,14H2,1-2H3. The van der Waals surface area contributed by atoms with Crippen LogP contribution >= 0.6 is 0 Å². The van der Waals surface area contributed by atoms with Crippen LogP contribution in [-0.2, 0) is 16.0 Å². The minimum atomic E-state index is -0.310. The van der Waals surface area contributed by atoms with Gasteiger partial charge in [0, 0.05) is 18.9 Å². The van der Waals surface area contributed by atoms with E-state index < -0.39 is 0 Å². The average molecular weight is 237 g/mol. The number of carbonyl (C=O) groups is 1. The molecule has 0 bridgehead atoms. The Bertz CT molecular complexity index is 399. The first kappa shape index (κ1) is 12.2. The van der Waals surface area contributed by atoms with Crippen LogP contribution in [0.25, 0.3) is 0 Å². The summed E-state index contributed by atoms with van der Waals surface area (Å²) in [7, 11) is 1.38. The number of ether oxygens (including phenoxy) is 1. The summed E-state index contributed by atoms with van der Waals surface area (Å²) in [6.07, 6.45) is 1.72. The van der Waals surface area contributed by atoms with Crippen LogP contribution in [-0.4, -0.2) is 19.6 Å². The summed E-state index contributed by atoms with van der Waals surface area (Å²) < 4.78 is 10.4. The summed E-state index contributed by atoms with van der Waals surface area (Å²) >= 11 is 0. The van der Waals surface area contributed by atoms with E-state index in [0.717, 1.165) is 17.4 Å². The molecule has 2 N–H and O–H groups in total. The predicted molar refractivity (Wildman–Crippen MR) is 63.5 cm³/mol. The first-order valence-electron chi connectivity index (χ1n) is 6.02. The Morgan fingerprint density at radius 2 is 2.35 bits per heavy atom. The van der Waals surface area contributed by atoms with Crippen molar-refractivity contribution in [1.29, 1.82) is 0 Å². The SMILES string of the molecule is COC(=O)C(CN)Cc1ccc(C2CC2C)o1. The molecule has 0 aliphatic heterocycles. The maximum Gasteiger partial charge on any atom is 0.310 e. The minimum absolute atomic E-state index is 0.273. The highest BCUT2D eigenvalue weighted by Crippen LogP contribution is 2.47. The van der Waals surface area contributed by atoms with E-state index in [-0.39, 0.29) is 18.4 Å². The molecule has 17 heavy (non-hydrogen) atoms. The molecule has 4 heteroatoms. The second-order valence-electron chi connectivity index (χ2n) is 4.78. The molecular weight excluding hydrogens is 218 g/mol. The smallest absolute Gasteiger partial charge is 0.310 e. The molecule has 3 unspecified atom stereocenters. The third-order valence-electron chi connectivity index (χ3n) is 3.42. The van der Waals surface area contributed by atoms with Gasteiger partial charge in [0.05, 0.1) is 13.0 Å². The lowest BCUT2D eigenvalue weighted by molar-refractivity contribution is -0.145. The molecule has 1 aromatic heterocycles. The number of rotatable bonds is 5. The van der Waals surface area contributed by atoms with Gasteiger partial charge >= 0.3 is 5.97 Å². The topological polar surface area (TPSA) is 65.5 Å². The zero-order valence-corrected chi connectivity index (χ0v) is 10.3. The summed E-state index contributed by atoms with van der Waals surface area (Å²) in [5.41, 5.74) is 5.56. The van der Waals surface area contributed by atoms with E-state index in [9.17, 15) is 4.79 Å². The number of nitrogens with two attached hydrogens (primary N) is 1. The van der Waals surface area contributed by atoms with E-state index in [4.69, 9.17) is 14.9 Å². The zero-order chi connectivity index (χ0) is 12.4. The lowest BCUT2D eigenvalue weighted by Gasteiger charge is -2.09. The number of methoxy groups -OCH3 is 1. The molecule has 1 aromatic rings. The van der Waals surface area contributed by atoms with Gasteiger partial charge in [0.1, 0.15) is 11.5 Å². The second-order valence-corrected chi connectivity index (χ2v) is 4.78. The average Bonchev–Trinajstić information content (AvgIpc) is 2.89. The lowest BCUT2D eigenvalue weighted by Crippen LogP contribution is -2.26. The largest absolute Gasteiger partial charge is 0.469 e. The molecule has 94 valence electrons. The van der Waals surface area contributed by atoms with Crippen LogP contribution in [0.2, 0.25) is 0 Å². The number of hydrogen-bond acceptors (Lipinski definition) is 4. The fourth-order valence-electron chi connectivity index (χ4n) is 2.09. The van der Waals surface area contributed by atoms with Crippen molar-refractivity contribution in [2.24, 2.45) is 17.6 Å². The second kappa shape index (κ2) is 4.92. The number of hydrogen-bond donors (Lipinski definition) is 1. The van der Waals surface area contributed by atoms with Crippen molar-refractivity contribution in [2.45, 2.75) is 25.7 Å². The molecule has 1 fully saturated rings. The van der Waals surface area contributed by atoms with Gasteiger partial charge in [0.25, 0.3) is 0 Å². The minimum Gasteiger partial charge on any atom is -0.469 e. The van der Waals surface area contributed by atoms with Crippen LogP contribution in [0.3, 0.4) is 0 Å². The Labute approximate surface area is 101 Å².